The summed E-state index contributed by atoms with van der Waals surface area (Å²) in [4.78, 5) is 40.4. The molecule has 0 aromatic heterocycles. The normalized spacial score (nSPS) is 26.7. The van der Waals surface area contributed by atoms with Gasteiger partial charge < -0.3 is 19.3 Å². The molecule has 1 atom stereocenters. The maximum atomic E-state index is 13.0. The number of piperidine rings is 2. The van der Waals surface area contributed by atoms with E-state index in [0.717, 1.165) is 37.2 Å². The summed E-state index contributed by atoms with van der Waals surface area (Å²) in [5.41, 5.74) is 2.58. The van der Waals surface area contributed by atoms with E-state index in [-0.39, 0.29) is 24.1 Å². The lowest BCUT2D eigenvalue weighted by Crippen LogP contribution is -2.52. The highest BCUT2D eigenvalue weighted by atomic mass is 16.7. The highest BCUT2D eigenvalue weighted by Gasteiger charge is 2.41. The number of hydrogen-bond acceptors (Lipinski definition) is 6. The van der Waals surface area contributed by atoms with Gasteiger partial charge >= 0.3 is 0 Å². The van der Waals surface area contributed by atoms with Crippen LogP contribution in [0.25, 0.3) is 0 Å². The highest BCUT2D eigenvalue weighted by Crippen LogP contribution is 2.35. The Morgan fingerprint density at radius 1 is 1.07 bits per heavy atom. The van der Waals surface area contributed by atoms with E-state index in [1.165, 1.54) is 0 Å². The Balaban J connectivity index is 1.31. The molecule has 1 aromatic carbocycles. The van der Waals surface area contributed by atoms with Gasteiger partial charge in [-0.05, 0) is 24.1 Å². The average Bonchev–Trinajstić information content (AvgIpc) is 3.27. The minimum absolute atomic E-state index is 0.137. The number of benzene rings is 1. The van der Waals surface area contributed by atoms with Gasteiger partial charge in [0.15, 0.2) is 5.79 Å². The van der Waals surface area contributed by atoms with Crippen molar-refractivity contribution in [2.75, 3.05) is 31.2 Å². The zero-order valence-corrected chi connectivity index (χ0v) is 15.6. The molecule has 0 aliphatic carbocycles. The van der Waals surface area contributed by atoms with Crippen LogP contribution >= 0.6 is 0 Å². The van der Waals surface area contributed by atoms with Crippen molar-refractivity contribution in [3.8, 4) is 0 Å². The van der Waals surface area contributed by atoms with Crippen molar-refractivity contribution >= 4 is 23.4 Å². The third-order valence-corrected chi connectivity index (χ3v) is 6.22. The van der Waals surface area contributed by atoms with Gasteiger partial charge in [-0.25, -0.2) is 0 Å². The lowest BCUT2D eigenvalue weighted by atomic mass is 10.0. The van der Waals surface area contributed by atoms with E-state index in [9.17, 15) is 14.4 Å². The van der Waals surface area contributed by atoms with Gasteiger partial charge in [-0.3, -0.25) is 19.7 Å². The van der Waals surface area contributed by atoms with Crippen molar-refractivity contribution in [2.24, 2.45) is 0 Å². The predicted octanol–water partition coefficient (Wildman–Crippen LogP) is 0.791. The maximum absolute atomic E-state index is 13.0. The van der Waals surface area contributed by atoms with Gasteiger partial charge in [0.25, 0.3) is 5.91 Å². The Labute approximate surface area is 162 Å². The average molecular weight is 385 g/mol. The number of anilines is 1. The van der Waals surface area contributed by atoms with Crippen LogP contribution in [0.15, 0.2) is 18.2 Å². The summed E-state index contributed by atoms with van der Waals surface area (Å²) in [5.74, 6) is -1.21. The van der Waals surface area contributed by atoms with Crippen LogP contribution in [-0.4, -0.2) is 60.8 Å². The summed E-state index contributed by atoms with van der Waals surface area (Å²) in [6, 6.07) is 5.36. The molecule has 1 spiro atoms. The molecule has 3 fully saturated rings. The van der Waals surface area contributed by atoms with Crippen molar-refractivity contribution in [3.63, 3.8) is 0 Å². The SMILES string of the molecule is O=C1CCC(N2Cc3ccc(N4CCC5(CC4)OCCO5)cc3C2=O)C(=O)N1. The van der Waals surface area contributed by atoms with Crippen LogP contribution in [0.2, 0.25) is 0 Å². The fourth-order valence-electron chi connectivity index (χ4n) is 4.63. The molecule has 1 N–H and O–H groups in total. The first kappa shape index (κ1) is 17.6. The van der Waals surface area contributed by atoms with Gasteiger partial charge in [0, 0.05) is 50.1 Å². The van der Waals surface area contributed by atoms with Gasteiger partial charge in [-0.2, -0.15) is 0 Å². The number of amides is 3. The van der Waals surface area contributed by atoms with Gasteiger partial charge in [-0.1, -0.05) is 6.07 Å². The van der Waals surface area contributed by atoms with E-state index in [0.29, 0.717) is 31.7 Å². The minimum atomic E-state index is -0.576. The first-order valence-electron chi connectivity index (χ1n) is 9.85. The Morgan fingerprint density at radius 3 is 2.54 bits per heavy atom. The molecular weight excluding hydrogens is 362 g/mol. The topological polar surface area (TPSA) is 88.2 Å². The molecule has 1 aromatic rings. The smallest absolute Gasteiger partial charge is 0.255 e. The molecule has 0 saturated carbocycles. The second-order valence-corrected chi connectivity index (χ2v) is 7.84. The van der Waals surface area contributed by atoms with Gasteiger partial charge in [0.2, 0.25) is 11.8 Å². The second kappa shape index (κ2) is 6.56. The van der Waals surface area contributed by atoms with E-state index in [4.69, 9.17) is 9.47 Å². The third kappa shape index (κ3) is 2.87. The van der Waals surface area contributed by atoms with Crippen molar-refractivity contribution < 1.29 is 23.9 Å². The van der Waals surface area contributed by atoms with E-state index in [1.54, 1.807) is 4.90 Å². The molecule has 28 heavy (non-hydrogen) atoms. The number of nitrogens with zero attached hydrogens (tertiary/aromatic N) is 2. The number of imide groups is 1. The highest BCUT2D eigenvalue weighted by molar-refractivity contribution is 6.05. The van der Waals surface area contributed by atoms with Crippen LogP contribution in [0.5, 0.6) is 0 Å². The minimum Gasteiger partial charge on any atom is -0.371 e. The Morgan fingerprint density at radius 2 is 1.82 bits per heavy atom. The molecule has 1 unspecified atom stereocenters. The number of ether oxygens (including phenoxy) is 2. The van der Waals surface area contributed by atoms with E-state index >= 15 is 0 Å². The number of rotatable bonds is 2. The van der Waals surface area contributed by atoms with Crippen molar-refractivity contribution in [1.29, 1.82) is 0 Å². The van der Waals surface area contributed by atoms with Crippen LogP contribution in [0.1, 0.15) is 41.6 Å². The first-order valence-corrected chi connectivity index (χ1v) is 9.85. The maximum Gasteiger partial charge on any atom is 0.255 e. The fourth-order valence-corrected chi connectivity index (χ4v) is 4.63. The monoisotopic (exact) mass is 385 g/mol. The summed E-state index contributed by atoms with van der Waals surface area (Å²) in [7, 11) is 0. The quantitative estimate of drug-likeness (QED) is 0.758. The third-order valence-electron chi connectivity index (χ3n) is 6.22. The summed E-state index contributed by atoms with van der Waals surface area (Å²) in [6.45, 7) is 3.34. The number of carbonyl (C=O) groups is 3. The molecule has 4 heterocycles. The molecule has 3 saturated heterocycles. The molecular formula is C20H23N3O5. The van der Waals surface area contributed by atoms with Gasteiger partial charge in [0.05, 0.1) is 13.2 Å². The zero-order chi connectivity index (χ0) is 19.3. The van der Waals surface area contributed by atoms with Crippen LogP contribution in [0.3, 0.4) is 0 Å². The standard InChI is InChI=1S/C20H23N3O5/c24-17-4-3-16(18(25)21-17)23-12-13-1-2-14(11-15(13)19(23)26)22-7-5-20(6-8-22)27-9-10-28-20/h1-2,11,16H,3-10,12H2,(H,21,24,25). The van der Waals surface area contributed by atoms with Gasteiger partial charge in [0.1, 0.15) is 6.04 Å². The first-order chi connectivity index (χ1) is 13.5. The van der Waals surface area contributed by atoms with Crippen molar-refractivity contribution in [3.05, 3.63) is 29.3 Å². The van der Waals surface area contributed by atoms with Crippen LogP contribution in [-0.2, 0) is 25.6 Å². The predicted molar refractivity (Wildman–Crippen MR) is 98.6 cm³/mol. The number of hydrogen-bond donors (Lipinski definition) is 1. The Hall–Kier alpha value is -2.45. The lowest BCUT2D eigenvalue weighted by molar-refractivity contribution is -0.169. The van der Waals surface area contributed by atoms with Crippen LogP contribution in [0.4, 0.5) is 5.69 Å². The summed E-state index contributed by atoms with van der Waals surface area (Å²) in [5, 5.41) is 2.34. The van der Waals surface area contributed by atoms with E-state index < -0.39 is 11.8 Å². The molecule has 4 aliphatic heterocycles. The lowest BCUT2D eigenvalue weighted by Gasteiger charge is -2.38. The Kier molecular flexibility index (Phi) is 4.13. The molecule has 148 valence electrons. The zero-order valence-electron chi connectivity index (χ0n) is 15.6. The molecule has 3 amide bonds. The molecule has 0 bridgehead atoms. The second-order valence-electron chi connectivity index (χ2n) is 7.84. The number of fused-ring (bicyclic) bond motifs is 1. The Bertz CT molecular complexity index is 838. The summed E-state index contributed by atoms with van der Waals surface area (Å²) in [6.07, 6.45) is 2.26. The van der Waals surface area contributed by atoms with E-state index in [2.05, 4.69) is 10.2 Å². The van der Waals surface area contributed by atoms with E-state index in [1.807, 2.05) is 18.2 Å². The number of nitrogens with one attached hydrogen (secondary N) is 1. The summed E-state index contributed by atoms with van der Waals surface area (Å²) >= 11 is 0. The van der Waals surface area contributed by atoms with Crippen molar-refractivity contribution in [2.45, 2.75) is 44.1 Å². The van der Waals surface area contributed by atoms with Gasteiger partial charge in [-0.15, -0.1) is 0 Å². The molecule has 4 aliphatic rings. The molecule has 8 heteroatoms. The van der Waals surface area contributed by atoms with Crippen molar-refractivity contribution in [1.82, 2.24) is 10.2 Å². The molecule has 5 rings (SSSR count). The number of carbonyl (C=O) groups excluding carboxylic acids is 3. The summed E-state index contributed by atoms with van der Waals surface area (Å²) < 4.78 is 11.6. The molecule has 8 nitrogen and oxygen atoms in total. The largest absolute Gasteiger partial charge is 0.371 e. The van der Waals surface area contributed by atoms with Crippen LogP contribution < -0.4 is 10.2 Å². The van der Waals surface area contributed by atoms with Crippen LogP contribution in [0, 0.1) is 0 Å². The fraction of sp³-hybridized carbons (Fsp3) is 0.550. The molecule has 0 radical (unpaired) electrons.